The highest BCUT2D eigenvalue weighted by Gasteiger charge is 2.30. The maximum absolute atomic E-state index is 13.0. The fourth-order valence-electron chi connectivity index (χ4n) is 9.73. The van der Waals surface area contributed by atoms with Crippen molar-refractivity contribution in [3.63, 3.8) is 0 Å². The van der Waals surface area contributed by atoms with E-state index in [1.165, 1.54) is 154 Å². The van der Waals surface area contributed by atoms with E-state index in [1.807, 2.05) is 0 Å². The molecule has 6 atom stereocenters. The number of hydrogen-bond donors (Lipinski definition) is 3. The molecule has 84 heavy (non-hydrogen) atoms. The molecule has 0 bridgehead atoms. The second kappa shape index (κ2) is 58.7. The Labute approximate surface area is 511 Å². The Bertz CT molecular complexity index is 1640. The maximum atomic E-state index is 13.0. The number of phosphoric ester groups is 2. The van der Waals surface area contributed by atoms with Crippen LogP contribution >= 0.6 is 15.6 Å². The Hall–Kier alpha value is -1.94. The third-order valence-corrected chi connectivity index (χ3v) is 17.3. The van der Waals surface area contributed by atoms with Gasteiger partial charge in [-0.3, -0.25) is 37.3 Å². The molecule has 19 heteroatoms. The molecule has 0 fully saturated rings. The lowest BCUT2D eigenvalue weighted by atomic mass is 9.99. The Morgan fingerprint density at radius 1 is 0.333 bits per heavy atom. The molecule has 498 valence electrons. The normalized spacial score (nSPS) is 14.5. The summed E-state index contributed by atoms with van der Waals surface area (Å²) in [5.41, 5.74) is 0. The summed E-state index contributed by atoms with van der Waals surface area (Å²) in [5.74, 6) is -1.33. The molecule has 0 aromatic heterocycles. The second-order valence-corrected chi connectivity index (χ2v) is 26.7. The van der Waals surface area contributed by atoms with Gasteiger partial charge < -0.3 is 33.8 Å². The Kier molecular flexibility index (Phi) is 57.4. The summed E-state index contributed by atoms with van der Waals surface area (Å²) in [5, 5.41) is 10.5. The number of carbonyl (C=O) groups excluding carboxylic acids is 4. The summed E-state index contributed by atoms with van der Waals surface area (Å²) in [6.07, 6.45) is 42.9. The van der Waals surface area contributed by atoms with E-state index in [1.54, 1.807) is 0 Å². The molecular formula is C65H126O17P2. The number of phosphoric acid groups is 2. The lowest BCUT2D eigenvalue weighted by Crippen LogP contribution is -2.30. The fraction of sp³-hybridized carbons (Fsp3) is 0.938. The molecule has 0 aliphatic rings. The van der Waals surface area contributed by atoms with Gasteiger partial charge in [0.2, 0.25) is 0 Å². The molecule has 0 saturated heterocycles. The van der Waals surface area contributed by atoms with E-state index in [0.29, 0.717) is 25.7 Å². The van der Waals surface area contributed by atoms with Crippen LogP contribution in [0.1, 0.15) is 330 Å². The molecule has 0 aromatic rings. The molecule has 0 aliphatic carbocycles. The van der Waals surface area contributed by atoms with Crippen LogP contribution in [-0.4, -0.2) is 96.7 Å². The van der Waals surface area contributed by atoms with Gasteiger partial charge in [-0.2, -0.15) is 0 Å². The summed E-state index contributed by atoms with van der Waals surface area (Å²) in [7, 11) is -9.88. The van der Waals surface area contributed by atoms with Gasteiger partial charge in [-0.15, -0.1) is 0 Å². The van der Waals surface area contributed by atoms with Crippen molar-refractivity contribution in [1.29, 1.82) is 0 Å². The lowest BCUT2D eigenvalue weighted by Gasteiger charge is -2.21. The fourth-order valence-corrected chi connectivity index (χ4v) is 11.3. The van der Waals surface area contributed by atoms with E-state index < -0.39 is 97.5 Å². The van der Waals surface area contributed by atoms with Crippen LogP contribution < -0.4 is 0 Å². The monoisotopic (exact) mass is 1240 g/mol. The average molecular weight is 1240 g/mol. The first kappa shape index (κ1) is 82.1. The van der Waals surface area contributed by atoms with Crippen LogP contribution in [0, 0.1) is 5.92 Å². The molecule has 3 N–H and O–H groups in total. The number of esters is 4. The van der Waals surface area contributed by atoms with E-state index in [2.05, 4.69) is 34.6 Å². The van der Waals surface area contributed by atoms with Crippen molar-refractivity contribution in [3.8, 4) is 0 Å². The van der Waals surface area contributed by atoms with Crippen LogP contribution in [0.5, 0.6) is 0 Å². The van der Waals surface area contributed by atoms with Crippen molar-refractivity contribution in [2.24, 2.45) is 5.92 Å². The van der Waals surface area contributed by atoms with Crippen molar-refractivity contribution in [2.75, 3.05) is 39.6 Å². The minimum atomic E-state index is -4.94. The number of hydrogen-bond acceptors (Lipinski definition) is 15. The smallest absolute Gasteiger partial charge is 0.462 e. The van der Waals surface area contributed by atoms with E-state index in [9.17, 15) is 43.2 Å². The summed E-state index contributed by atoms with van der Waals surface area (Å²) in [6, 6.07) is 0. The highest BCUT2D eigenvalue weighted by Crippen LogP contribution is 2.45. The van der Waals surface area contributed by atoms with Gasteiger partial charge in [-0.05, 0) is 31.6 Å². The van der Waals surface area contributed by atoms with Crippen LogP contribution in [-0.2, 0) is 65.4 Å². The van der Waals surface area contributed by atoms with Gasteiger partial charge in [0.1, 0.15) is 19.3 Å². The van der Waals surface area contributed by atoms with Gasteiger partial charge in [0.15, 0.2) is 12.2 Å². The maximum Gasteiger partial charge on any atom is 0.472 e. The molecular weight excluding hydrogens is 1110 g/mol. The summed E-state index contributed by atoms with van der Waals surface area (Å²) in [6.45, 7) is 7.20. The number of aliphatic hydroxyl groups is 1. The van der Waals surface area contributed by atoms with Gasteiger partial charge in [0, 0.05) is 25.7 Å². The molecule has 0 radical (unpaired) electrons. The van der Waals surface area contributed by atoms with Gasteiger partial charge >= 0.3 is 39.5 Å². The summed E-state index contributed by atoms with van der Waals surface area (Å²) >= 11 is 0. The molecule has 0 spiro atoms. The Morgan fingerprint density at radius 2 is 0.571 bits per heavy atom. The van der Waals surface area contributed by atoms with E-state index in [4.69, 9.17) is 37.0 Å². The van der Waals surface area contributed by atoms with Crippen molar-refractivity contribution in [2.45, 2.75) is 348 Å². The highest BCUT2D eigenvalue weighted by atomic mass is 31.2. The zero-order chi connectivity index (χ0) is 62.0. The summed E-state index contributed by atoms with van der Waals surface area (Å²) < 4.78 is 68.0. The van der Waals surface area contributed by atoms with Crippen molar-refractivity contribution in [3.05, 3.63) is 0 Å². The largest absolute Gasteiger partial charge is 0.472 e. The average Bonchev–Trinajstić information content (AvgIpc) is 3.59. The zero-order valence-electron chi connectivity index (χ0n) is 54.0. The second-order valence-electron chi connectivity index (χ2n) is 23.7. The molecule has 0 aromatic carbocycles. The zero-order valence-corrected chi connectivity index (χ0v) is 55.8. The number of aliphatic hydroxyl groups excluding tert-OH is 1. The van der Waals surface area contributed by atoms with E-state index >= 15 is 0 Å². The summed E-state index contributed by atoms with van der Waals surface area (Å²) in [4.78, 5) is 72.2. The molecule has 0 aliphatic heterocycles. The molecule has 0 heterocycles. The number of carbonyl (C=O) groups is 4. The minimum Gasteiger partial charge on any atom is -0.462 e. The number of rotatable bonds is 65. The molecule has 17 nitrogen and oxygen atoms in total. The number of unbranched alkanes of at least 4 members (excludes halogenated alkanes) is 36. The van der Waals surface area contributed by atoms with Crippen molar-refractivity contribution in [1.82, 2.24) is 0 Å². The SMILES string of the molecule is CCCCCCCCCCCCCCC(=O)OC[C@H](COP(=O)(O)OC[C@@H](O)COP(=O)(O)OC[C@@H](COC(=O)CCCCCCCCCCC)OC(=O)CCCCCCCCCCC)OC(=O)CCCCCCCCCCCCC(C)CC. The van der Waals surface area contributed by atoms with E-state index in [-0.39, 0.29) is 25.7 Å². The highest BCUT2D eigenvalue weighted by molar-refractivity contribution is 7.47. The first-order chi connectivity index (χ1) is 40.6. The molecule has 3 unspecified atom stereocenters. The quantitative estimate of drug-likeness (QED) is 0.0222. The third-order valence-electron chi connectivity index (χ3n) is 15.4. The number of ether oxygens (including phenoxy) is 4. The van der Waals surface area contributed by atoms with Gasteiger partial charge in [0.25, 0.3) is 0 Å². The Morgan fingerprint density at radius 3 is 0.845 bits per heavy atom. The van der Waals surface area contributed by atoms with E-state index in [0.717, 1.165) is 95.8 Å². The molecule has 0 rings (SSSR count). The Balaban J connectivity index is 5.23. The first-order valence-corrected chi connectivity index (χ1v) is 37.2. The van der Waals surface area contributed by atoms with Crippen molar-refractivity contribution >= 4 is 39.5 Å². The van der Waals surface area contributed by atoms with Gasteiger partial charge in [0.05, 0.1) is 26.4 Å². The topological polar surface area (TPSA) is 237 Å². The van der Waals surface area contributed by atoms with Gasteiger partial charge in [-0.25, -0.2) is 9.13 Å². The van der Waals surface area contributed by atoms with Crippen LogP contribution in [0.3, 0.4) is 0 Å². The predicted octanol–water partition coefficient (Wildman–Crippen LogP) is 18.2. The van der Waals surface area contributed by atoms with Crippen LogP contribution in [0.25, 0.3) is 0 Å². The predicted molar refractivity (Wildman–Crippen MR) is 335 cm³/mol. The van der Waals surface area contributed by atoms with Gasteiger partial charge in [-0.1, -0.05) is 279 Å². The van der Waals surface area contributed by atoms with Crippen LogP contribution in [0.2, 0.25) is 0 Å². The van der Waals surface area contributed by atoms with Crippen molar-refractivity contribution < 1.29 is 80.2 Å². The standard InChI is InChI=1S/C65H126O17P2/c1-6-10-13-16-19-22-23-24-30-34-39-44-49-63(68)76-55-61(82-65(70)51-46-41-36-31-26-25-29-32-37-42-47-58(5)9-4)57-80-84(73,74)78-53-59(66)52-77-83(71,72)79-56-60(81-64(69)50-45-40-35-28-21-18-15-12-8-3)54-75-62(67)48-43-38-33-27-20-17-14-11-7-2/h58-61,66H,6-57H2,1-5H3,(H,71,72)(H,73,74)/t58?,59-,60+,61+/m0/s1. The molecule has 0 saturated carbocycles. The van der Waals surface area contributed by atoms with Crippen LogP contribution in [0.15, 0.2) is 0 Å². The third kappa shape index (κ3) is 57.8. The molecule has 0 amide bonds. The lowest BCUT2D eigenvalue weighted by molar-refractivity contribution is -0.161. The van der Waals surface area contributed by atoms with Crippen LogP contribution in [0.4, 0.5) is 0 Å². The first-order valence-electron chi connectivity index (χ1n) is 34.2. The minimum absolute atomic E-state index is 0.106.